The maximum Gasteiger partial charge on any atom is 0.293 e. The highest BCUT2D eigenvalue weighted by Crippen LogP contribution is 2.31. The molecule has 5 nitrogen and oxygen atoms in total. The fraction of sp³-hybridized carbons (Fsp3) is 0.105. The highest BCUT2D eigenvalue weighted by atomic mass is 35.5. The zero-order valence-corrected chi connectivity index (χ0v) is 15.4. The second-order valence-electron chi connectivity index (χ2n) is 6.04. The Morgan fingerprint density at radius 2 is 1.96 bits per heavy atom. The number of benzodiazepines with no additional fused rings is 1. The van der Waals surface area contributed by atoms with Crippen molar-refractivity contribution in [3.63, 3.8) is 0 Å². The molecular weight excluding hydrogens is 371 g/mol. The summed E-state index contributed by atoms with van der Waals surface area (Å²) < 4.78 is 3.60. The summed E-state index contributed by atoms with van der Waals surface area (Å²) in [5.74, 6) is -0.230. The van der Waals surface area contributed by atoms with Crippen molar-refractivity contribution in [2.24, 2.45) is 12.0 Å². The van der Waals surface area contributed by atoms with Crippen molar-refractivity contribution in [2.75, 3.05) is 5.32 Å². The molecule has 0 fully saturated rings. The maximum atomic E-state index is 12.8. The SMILES string of the molecule is C[n+]1ccn(C2N=C(c3ccccc3Cl)c3cc(Cl)ccc3NC2=O)c1. The Balaban J connectivity index is 1.97. The third kappa shape index (κ3) is 3.00. The molecule has 2 heterocycles. The molecule has 1 aliphatic rings. The minimum atomic E-state index is -0.756. The number of rotatable bonds is 2. The lowest BCUT2D eigenvalue weighted by Crippen LogP contribution is -2.27. The molecule has 0 bridgehead atoms. The van der Waals surface area contributed by atoms with Crippen LogP contribution in [0.5, 0.6) is 0 Å². The van der Waals surface area contributed by atoms with Crippen molar-refractivity contribution in [1.29, 1.82) is 0 Å². The van der Waals surface area contributed by atoms with Crippen molar-refractivity contribution >= 4 is 40.5 Å². The summed E-state index contributed by atoms with van der Waals surface area (Å²) in [7, 11) is 1.89. The maximum absolute atomic E-state index is 12.8. The third-order valence-electron chi connectivity index (χ3n) is 4.18. The summed E-state index contributed by atoms with van der Waals surface area (Å²) in [5, 5.41) is 4.06. The number of imidazole rings is 1. The van der Waals surface area contributed by atoms with E-state index in [9.17, 15) is 4.79 Å². The van der Waals surface area contributed by atoms with E-state index in [1.165, 1.54) is 0 Å². The van der Waals surface area contributed by atoms with Crippen LogP contribution in [0.25, 0.3) is 0 Å². The van der Waals surface area contributed by atoms with Gasteiger partial charge in [-0.15, -0.1) is 0 Å². The van der Waals surface area contributed by atoms with Crippen LogP contribution in [0, 0.1) is 0 Å². The molecule has 1 aromatic heterocycles. The van der Waals surface area contributed by atoms with Crippen LogP contribution in [0.2, 0.25) is 10.0 Å². The second-order valence-corrected chi connectivity index (χ2v) is 6.88. The molecule has 7 heteroatoms. The van der Waals surface area contributed by atoms with Crippen LogP contribution in [0.4, 0.5) is 5.69 Å². The van der Waals surface area contributed by atoms with Gasteiger partial charge in [0.2, 0.25) is 6.33 Å². The van der Waals surface area contributed by atoms with Crippen molar-refractivity contribution in [1.82, 2.24) is 4.57 Å². The number of halogens is 2. The van der Waals surface area contributed by atoms with Gasteiger partial charge in [0, 0.05) is 21.2 Å². The molecule has 1 aliphatic heterocycles. The Labute approximate surface area is 160 Å². The number of anilines is 1. The molecule has 130 valence electrons. The van der Waals surface area contributed by atoms with Gasteiger partial charge in [-0.2, -0.15) is 0 Å². The van der Waals surface area contributed by atoms with Gasteiger partial charge in [-0.3, -0.25) is 4.79 Å². The number of nitrogens with one attached hydrogen (secondary N) is 1. The number of aromatic nitrogens is 2. The lowest BCUT2D eigenvalue weighted by molar-refractivity contribution is -0.671. The third-order valence-corrected chi connectivity index (χ3v) is 4.75. The number of benzene rings is 2. The van der Waals surface area contributed by atoms with Crippen LogP contribution in [0.15, 0.2) is 66.2 Å². The number of hydrogen-bond acceptors (Lipinski definition) is 2. The standard InChI is InChI=1S/C19H14Cl2N4O/c1-24-8-9-25(11-24)18-19(26)22-16-7-6-12(20)10-14(16)17(23-18)13-4-2-3-5-15(13)21/h2-11,18H,1H3/p+1. The quantitative estimate of drug-likeness (QED) is 0.673. The fourth-order valence-electron chi connectivity index (χ4n) is 2.95. The predicted molar refractivity (Wildman–Crippen MR) is 102 cm³/mol. The van der Waals surface area contributed by atoms with Crippen molar-refractivity contribution in [2.45, 2.75) is 6.17 Å². The number of amides is 1. The molecule has 1 N–H and O–H groups in total. The van der Waals surface area contributed by atoms with E-state index < -0.39 is 6.17 Å². The smallest absolute Gasteiger partial charge is 0.293 e. The molecule has 1 amide bonds. The molecule has 0 spiro atoms. The molecule has 3 aromatic rings. The van der Waals surface area contributed by atoms with Crippen molar-refractivity contribution in [3.8, 4) is 0 Å². The van der Waals surface area contributed by atoms with Gasteiger partial charge in [0.05, 0.1) is 18.4 Å². The van der Waals surface area contributed by atoms with E-state index in [-0.39, 0.29) is 5.91 Å². The monoisotopic (exact) mass is 385 g/mol. The van der Waals surface area contributed by atoms with Crippen LogP contribution in [-0.4, -0.2) is 16.2 Å². The summed E-state index contributed by atoms with van der Waals surface area (Å²) in [6.07, 6.45) is 4.71. The van der Waals surface area contributed by atoms with E-state index in [1.807, 2.05) is 36.0 Å². The van der Waals surface area contributed by atoms with E-state index in [0.717, 1.165) is 11.1 Å². The van der Waals surface area contributed by atoms with Crippen LogP contribution in [-0.2, 0) is 11.8 Å². The Kier molecular flexibility index (Phi) is 4.26. The number of hydrogen-bond donors (Lipinski definition) is 1. The van der Waals surface area contributed by atoms with Crippen LogP contribution >= 0.6 is 23.2 Å². The predicted octanol–water partition coefficient (Wildman–Crippen LogP) is 3.61. The summed E-state index contributed by atoms with van der Waals surface area (Å²) in [4.78, 5) is 17.6. The van der Waals surface area contributed by atoms with E-state index >= 15 is 0 Å². The van der Waals surface area contributed by atoms with Crippen molar-refractivity contribution < 1.29 is 9.36 Å². The molecule has 2 aromatic carbocycles. The van der Waals surface area contributed by atoms with E-state index in [0.29, 0.717) is 21.4 Å². The number of nitrogens with zero attached hydrogens (tertiary/aromatic N) is 3. The zero-order chi connectivity index (χ0) is 18.3. The number of carbonyl (C=O) groups is 1. The van der Waals surface area contributed by atoms with Crippen LogP contribution in [0.1, 0.15) is 17.3 Å². The molecule has 4 rings (SSSR count). The van der Waals surface area contributed by atoms with Gasteiger partial charge in [0.15, 0.2) is 0 Å². The number of fused-ring (bicyclic) bond motifs is 1. The first kappa shape index (κ1) is 16.8. The fourth-order valence-corrected chi connectivity index (χ4v) is 3.35. The molecular formula is C19H15Cl2N4O+. The first-order chi connectivity index (χ1) is 12.5. The minimum Gasteiger partial charge on any atom is -0.320 e. The topological polar surface area (TPSA) is 50.3 Å². The molecule has 0 saturated carbocycles. The van der Waals surface area contributed by atoms with Crippen molar-refractivity contribution in [3.05, 3.63) is 82.4 Å². The largest absolute Gasteiger partial charge is 0.320 e. The Bertz CT molecular complexity index is 1040. The minimum absolute atomic E-state index is 0.230. The average molecular weight is 386 g/mol. The van der Waals surface area contributed by atoms with Gasteiger partial charge in [0.25, 0.3) is 12.1 Å². The molecule has 0 saturated heterocycles. The zero-order valence-electron chi connectivity index (χ0n) is 13.9. The first-order valence-corrected chi connectivity index (χ1v) is 8.75. The number of aliphatic imine (C=N–C) groups is 1. The summed E-state index contributed by atoms with van der Waals surface area (Å²) in [5.41, 5.74) is 2.75. The first-order valence-electron chi connectivity index (χ1n) is 7.99. The second kappa shape index (κ2) is 6.59. The molecule has 26 heavy (non-hydrogen) atoms. The highest BCUT2D eigenvalue weighted by molar-refractivity contribution is 6.36. The number of aryl methyl sites for hydroxylation is 1. The van der Waals surface area contributed by atoms with Gasteiger partial charge in [-0.1, -0.05) is 41.4 Å². The molecule has 0 radical (unpaired) electrons. The van der Waals surface area contributed by atoms with E-state index in [2.05, 4.69) is 5.32 Å². The van der Waals surface area contributed by atoms with E-state index in [4.69, 9.17) is 28.2 Å². The molecule has 1 atom stereocenters. The van der Waals surface area contributed by atoms with Gasteiger partial charge in [-0.05, 0) is 24.3 Å². The van der Waals surface area contributed by atoms with Gasteiger partial charge in [0.1, 0.15) is 12.4 Å². The Morgan fingerprint density at radius 1 is 1.15 bits per heavy atom. The summed E-state index contributed by atoms with van der Waals surface area (Å²) in [6.45, 7) is 0. The average Bonchev–Trinajstić information content (AvgIpc) is 2.98. The van der Waals surface area contributed by atoms with Gasteiger partial charge < -0.3 is 5.32 Å². The molecule has 1 unspecified atom stereocenters. The van der Waals surface area contributed by atoms with Crippen LogP contribution in [0.3, 0.4) is 0 Å². The normalized spacial score (nSPS) is 16.5. The van der Waals surface area contributed by atoms with Gasteiger partial charge >= 0.3 is 0 Å². The highest BCUT2D eigenvalue weighted by Gasteiger charge is 2.31. The molecule has 0 aliphatic carbocycles. The summed E-state index contributed by atoms with van der Waals surface area (Å²) >= 11 is 12.6. The Morgan fingerprint density at radius 3 is 2.69 bits per heavy atom. The van der Waals surface area contributed by atoms with Gasteiger partial charge in [-0.25, -0.2) is 14.1 Å². The van der Waals surface area contributed by atoms with E-state index in [1.54, 1.807) is 41.4 Å². The van der Waals surface area contributed by atoms with Crippen LogP contribution < -0.4 is 9.88 Å². The Hall–Kier alpha value is -2.63. The lowest BCUT2D eigenvalue weighted by atomic mass is 10.0. The summed E-state index contributed by atoms with van der Waals surface area (Å²) in [6, 6.07) is 12.7. The lowest BCUT2D eigenvalue weighted by Gasteiger charge is -2.11. The number of carbonyl (C=O) groups excluding carboxylic acids is 1.